The monoisotopic (exact) mass is 421 g/mol. The summed E-state index contributed by atoms with van der Waals surface area (Å²) < 4.78 is 4.52. The number of hydrogen-bond acceptors (Lipinski definition) is 5. The average molecular weight is 421 g/mol. The number of carbonyl (C=O) groups excluding carboxylic acids is 4. The Morgan fingerprint density at radius 1 is 1.03 bits per heavy atom. The summed E-state index contributed by atoms with van der Waals surface area (Å²) in [7, 11) is 1.28. The molecule has 30 heavy (non-hydrogen) atoms. The van der Waals surface area contributed by atoms with E-state index in [4.69, 9.17) is 0 Å². The Morgan fingerprint density at radius 3 is 2.50 bits per heavy atom. The molecule has 0 spiro atoms. The molecule has 10 nitrogen and oxygen atoms in total. The maximum atomic E-state index is 13.1. The lowest BCUT2D eigenvalue weighted by Crippen LogP contribution is -2.63. The van der Waals surface area contributed by atoms with Gasteiger partial charge in [0.25, 0.3) is 0 Å². The third kappa shape index (κ3) is 4.17. The van der Waals surface area contributed by atoms with E-state index in [2.05, 4.69) is 15.0 Å². The van der Waals surface area contributed by atoms with Crippen LogP contribution in [0.15, 0.2) is 0 Å². The van der Waals surface area contributed by atoms with E-state index in [-0.39, 0.29) is 30.6 Å². The van der Waals surface area contributed by atoms with Crippen molar-refractivity contribution in [3.05, 3.63) is 0 Å². The number of likely N-dealkylation sites (tertiary alicyclic amines) is 1. The fraction of sp³-hybridized carbons (Fsp3) is 0.800. The topological polar surface area (TPSA) is 102 Å². The summed E-state index contributed by atoms with van der Waals surface area (Å²) in [5.41, 5.74) is 0. The van der Waals surface area contributed by atoms with Gasteiger partial charge in [-0.05, 0) is 31.1 Å². The van der Waals surface area contributed by atoms with E-state index >= 15 is 0 Å². The average Bonchev–Trinajstić information content (AvgIpc) is 2.77. The Bertz CT molecular complexity index is 708. The van der Waals surface area contributed by atoms with Gasteiger partial charge in [0.05, 0.1) is 7.11 Å². The van der Waals surface area contributed by atoms with E-state index in [9.17, 15) is 19.2 Å². The largest absolute Gasteiger partial charge is 0.468 e. The van der Waals surface area contributed by atoms with Crippen molar-refractivity contribution < 1.29 is 23.9 Å². The van der Waals surface area contributed by atoms with Crippen LogP contribution in [0.25, 0.3) is 0 Å². The second-order valence-electron chi connectivity index (χ2n) is 8.76. The number of piperidine rings is 3. The van der Waals surface area contributed by atoms with Gasteiger partial charge in [0.1, 0.15) is 6.54 Å². The number of esters is 1. The van der Waals surface area contributed by atoms with Crippen molar-refractivity contribution in [2.45, 2.75) is 31.7 Å². The highest BCUT2D eigenvalue weighted by Crippen LogP contribution is 2.38. The highest BCUT2D eigenvalue weighted by atomic mass is 16.5. The minimum Gasteiger partial charge on any atom is -0.468 e. The van der Waals surface area contributed by atoms with E-state index in [1.54, 1.807) is 4.90 Å². The quantitative estimate of drug-likeness (QED) is 0.630. The molecule has 0 aromatic heterocycles. The first-order chi connectivity index (χ1) is 14.5. The minimum atomic E-state index is -0.494. The fourth-order valence-corrected chi connectivity index (χ4v) is 5.40. The van der Waals surface area contributed by atoms with Gasteiger partial charge in [-0.3, -0.25) is 9.59 Å². The van der Waals surface area contributed by atoms with E-state index in [0.717, 1.165) is 25.8 Å². The molecule has 4 aliphatic heterocycles. The smallest absolute Gasteiger partial charge is 0.325 e. The lowest BCUT2D eigenvalue weighted by molar-refractivity contribution is -0.144. The first kappa shape index (κ1) is 20.7. The third-order valence-electron chi connectivity index (χ3n) is 6.90. The normalized spacial score (nSPS) is 28.7. The number of nitrogens with one attached hydrogen (secondary N) is 1. The molecule has 2 unspecified atom stereocenters. The fourth-order valence-electron chi connectivity index (χ4n) is 5.40. The molecule has 4 heterocycles. The highest BCUT2D eigenvalue weighted by Gasteiger charge is 2.45. The summed E-state index contributed by atoms with van der Waals surface area (Å²) in [6.07, 6.45) is 3.77. The molecule has 2 bridgehead atoms. The van der Waals surface area contributed by atoms with Crippen LogP contribution in [0, 0.1) is 11.8 Å². The summed E-state index contributed by atoms with van der Waals surface area (Å²) in [6.45, 7) is 3.85. The van der Waals surface area contributed by atoms with Gasteiger partial charge in [0.2, 0.25) is 5.91 Å². The Hall–Kier alpha value is -2.52. The number of urea groups is 2. The number of amides is 5. The summed E-state index contributed by atoms with van der Waals surface area (Å²) >= 11 is 0. The van der Waals surface area contributed by atoms with Crippen LogP contribution in [-0.2, 0) is 14.3 Å². The lowest BCUT2D eigenvalue weighted by atomic mass is 9.76. The van der Waals surface area contributed by atoms with Crippen molar-refractivity contribution in [3.8, 4) is 0 Å². The lowest BCUT2D eigenvalue weighted by Gasteiger charge is -2.53. The Morgan fingerprint density at radius 2 is 1.77 bits per heavy atom. The van der Waals surface area contributed by atoms with Gasteiger partial charge >= 0.3 is 18.0 Å². The number of ether oxygens (including phenoxy) is 1. The Balaban J connectivity index is 1.28. The van der Waals surface area contributed by atoms with E-state index < -0.39 is 5.97 Å². The first-order valence-electron chi connectivity index (χ1n) is 10.9. The van der Waals surface area contributed by atoms with Gasteiger partial charge in [-0.15, -0.1) is 0 Å². The zero-order valence-electron chi connectivity index (χ0n) is 17.5. The van der Waals surface area contributed by atoms with Crippen LogP contribution in [0.4, 0.5) is 9.59 Å². The number of rotatable bonds is 2. The molecule has 3 atom stereocenters. The second-order valence-corrected chi connectivity index (χ2v) is 8.76. The molecule has 4 fully saturated rings. The predicted molar refractivity (Wildman–Crippen MR) is 106 cm³/mol. The van der Waals surface area contributed by atoms with Gasteiger partial charge < -0.3 is 29.7 Å². The third-order valence-corrected chi connectivity index (χ3v) is 6.90. The van der Waals surface area contributed by atoms with Crippen molar-refractivity contribution in [1.29, 1.82) is 0 Å². The molecular formula is C20H31N5O5. The number of methoxy groups -OCH3 is 1. The zero-order chi connectivity index (χ0) is 21.3. The van der Waals surface area contributed by atoms with E-state index in [1.807, 2.05) is 9.80 Å². The van der Waals surface area contributed by atoms with Gasteiger partial charge in [-0.2, -0.15) is 0 Å². The summed E-state index contributed by atoms with van der Waals surface area (Å²) in [5, 5.41) is 2.53. The van der Waals surface area contributed by atoms with Crippen LogP contribution in [0.3, 0.4) is 0 Å². The maximum Gasteiger partial charge on any atom is 0.325 e. The second kappa shape index (κ2) is 8.69. The summed E-state index contributed by atoms with van der Waals surface area (Å²) in [4.78, 5) is 56.2. The van der Waals surface area contributed by atoms with Crippen LogP contribution in [0.5, 0.6) is 0 Å². The van der Waals surface area contributed by atoms with Crippen molar-refractivity contribution in [1.82, 2.24) is 24.9 Å². The SMILES string of the molecule is COC(=O)CNC(=O)N1CCN(C(=O)N2CC3CC(C2)[C@H]2CCCC(=O)N2C3)CC1. The molecule has 166 valence electrons. The van der Waals surface area contributed by atoms with Gasteiger partial charge in [0, 0.05) is 58.3 Å². The standard InChI is InChI=1S/C20H31N5O5/c1-30-18(27)10-21-19(28)22-5-7-23(8-6-22)20(29)24-11-14-9-15(13-24)16-3-2-4-17(26)25(16)12-14/h14-16H,2-13H2,1H3,(H,21,28)/t14?,15?,16-/m1/s1. The molecule has 5 amide bonds. The van der Waals surface area contributed by atoms with E-state index in [0.29, 0.717) is 57.5 Å². The molecule has 0 aromatic rings. The molecule has 0 radical (unpaired) electrons. The van der Waals surface area contributed by atoms with Gasteiger partial charge in [0.15, 0.2) is 0 Å². The number of hydrogen-bond donors (Lipinski definition) is 1. The van der Waals surface area contributed by atoms with Crippen LogP contribution in [0.2, 0.25) is 0 Å². The molecule has 1 N–H and O–H groups in total. The summed E-state index contributed by atoms with van der Waals surface area (Å²) in [6, 6.07) is 0.00502. The van der Waals surface area contributed by atoms with Crippen LogP contribution in [-0.4, -0.2) is 109 Å². The molecule has 4 rings (SSSR count). The molecule has 10 heteroatoms. The van der Waals surface area contributed by atoms with Crippen molar-refractivity contribution in [2.75, 3.05) is 59.5 Å². The molecule has 0 saturated carbocycles. The Labute approximate surface area is 176 Å². The van der Waals surface area contributed by atoms with E-state index in [1.165, 1.54) is 7.11 Å². The molecule has 4 aliphatic rings. The molecular weight excluding hydrogens is 390 g/mol. The molecule has 0 aliphatic carbocycles. The number of carbonyl (C=O) groups is 4. The first-order valence-corrected chi connectivity index (χ1v) is 10.9. The minimum absolute atomic E-state index is 0.0369. The number of fused-ring (bicyclic) bond motifs is 4. The van der Waals surface area contributed by atoms with Crippen molar-refractivity contribution in [2.24, 2.45) is 11.8 Å². The zero-order valence-corrected chi connectivity index (χ0v) is 17.5. The maximum absolute atomic E-state index is 13.1. The summed E-state index contributed by atoms with van der Waals surface area (Å²) in [5.74, 6) is 0.515. The highest BCUT2D eigenvalue weighted by molar-refractivity contribution is 5.81. The van der Waals surface area contributed by atoms with Gasteiger partial charge in [-0.1, -0.05) is 0 Å². The molecule has 0 aromatic carbocycles. The molecule has 4 saturated heterocycles. The predicted octanol–water partition coefficient (Wildman–Crippen LogP) is -0.0606. The van der Waals surface area contributed by atoms with Gasteiger partial charge in [-0.25, -0.2) is 9.59 Å². The number of nitrogens with zero attached hydrogens (tertiary/aromatic N) is 4. The number of piperazine rings is 1. The Kier molecular flexibility index (Phi) is 6.01. The van der Waals surface area contributed by atoms with Crippen molar-refractivity contribution in [3.63, 3.8) is 0 Å². The van der Waals surface area contributed by atoms with Crippen LogP contribution >= 0.6 is 0 Å². The van der Waals surface area contributed by atoms with Crippen LogP contribution in [0.1, 0.15) is 25.7 Å². The van der Waals surface area contributed by atoms with Crippen LogP contribution < -0.4 is 5.32 Å². The van der Waals surface area contributed by atoms with Crippen molar-refractivity contribution >= 4 is 23.9 Å².